The van der Waals surface area contributed by atoms with Crippen LogP contribution in [0.15, 0.2) is 200 Å². The highest BCUT2D eigenvalue weighted by atomic mass is 35.5. The van der Waals surface area contributed by atoms with Crippen LogP contribution in [0.5, 0.6) is 46.0 Å². The Hall–Kier alpha value is -8.77. The van der Waals surface area contributed by atoms with Gasteiger partial charge in [0.2, 0.25) is 0 Å². The van der Waals surface area contributed by atoms with E-state index in [1.165, 1.54) is 0 Å². The Kier molecular flexibility index (Phi) is 12.0. The second-order valence-electron chi connectivity index (χ2n) is 17.2. The molecule has 7 nitrogen and oxygen atoms in total. The lowest BCUT2D eigenvalue weighted by molar-refractivity contribution is 0.457. The highest BCUT2D eigenvalue weighted by Gasteiger charge is 2.46. The van der Waals surface area contributed by atoms with Crippen molar-refractivity contribution < 1.29 is 18.9 Å². The molecule has 0 aliphatic heterocycles. The molecule has 336 valence electrons. The van der Waals surface area contributed by atoms with E-state index in [-0.39, 0.29) is 22.1 Å². The molecule has 9 aromatic carbocycles. The average molecular weight is 949 g/mol. The molecule has 0 bridgehead atoms. The van der Waals surface area contributed by atoms with Gasteiger partial charge in [0.1, 0.15) is 80.9 Å². The number of fused-ring (bicyclic) bond motifs is 3. The fourth-order valence-electron chi connectivity index (χ4n) is 9.31. The van der Waals surface area contributed by atoms with E-state index < -0.39 is 5.41 Å². The summed E-state index contributed by atoms with van der Waals surface area (Å²) in [6.07, 6.45) is 0. The Morgan fingerprint density at radius 1 is 0.371 bits per heavy atom. The fraction of sp³-hybridized carbons (Fsp3) is 0.0656. The number of halogens is 2. The van der Waals surface area contributed by atoms with Gasteiger partial charge in [-0.1, -0.05) is 152 Å². The summed E-state index contributed by atoms with van der Waals surface area (Å²) in [5.74, 6) is 3.78. The number of rotatable bonds is 12. The first kappa shape index (κ1) is 45.0. The Labute approximate surface area is 416 Å². The smallest absolute Gasteiger partial charge is 0.149 e. The topological polar surface area (TPSA) is 108 Å². The van der Waals surface area contributed by atoms with Gasteiger partial charge in [0.25, 0.3) is 0 Å². The van der Waals surface area contributed by atoms with Gasteiger partial charge in [0.05, 0.1) is 15.5 Å². The monoisotopic (exact) mass is 947 g/mol. The van der Waals surface area contributed by atoms with Gasteiger partial charge in [-0.15, -0.1) is 0 Å². The largest absolute Gasteiger partial charge is 0.456 e. The molecule has 0 fully saturated rings. The van der Waals surface area contributed by atoms with Gasteiger partial charge in [0.15, 0.2) is 0 Å². The average Bonchev–Trinajstić information content (AvgIpc) is 3.68. The van der Waals surface area contributed by atoms with Gasteiger partial charge in [-0.3, -0.25) is 0 Å². The number of hydrogen-bond donors (Lipinski definition) is 0. The molecule has 0 radical (unpaired) electrons. The van der Waals surface area contributed by atoms with Gasteiger partial charge < -0.3 is 18.9 Å². The molecule has 0 atom stereocenters. The van der Waals surface area contributed by atoms with Crippen molar-refractivity contribution in [1.29, 1.82) is 15.8 Å². The van der Waals surface area contributed by atoms with E-state index in [4.69, 9.17) is 42.1 Å². The van der Waals surface area contributed by atoms with Gasteiger partial charge in [0, 0.05) is 5.41 Å². The summed E-state index contributed by atoms with van der Waals surface area (Å²) >= 11 is 12.5. The Bertz CT molecular complexity index is 3530. The maximum Gasteiger partial charge on any atom is 0.149 e. The number of nitriles is 3. The van der Waals surface area contributed by atoms with Crippen molar-refractivity contribution in [1.82, 2.24) is 0 Å². The molecule has 1 aliphatic rings. The first-order chi connectivity index (χ1) is 34.1. The Morgan fingerprint density at radius 2 is 0.686 bits per heavy atom. The molecule has 0 heterocycles. The molecule has 0 spiro atoms. The third-order valence-electron chi connectivity index (χ3n) is 12.9. The minimum atomic E-state index is -0.698. The quantitative estimate of drug-likeness (QED) is 0.120. The minimum absolute atomic E-state index is 0.259. The molecule has 0 unspecified atom stereocenters. The molecule has 9 aromatic rings. The molecule has 70 heavy (non-hydrogen) atoms. The lowest BCUT2D eigenvalue weighted by atomic mass is 9.68. The van der Waals surface area contributed by atoms with Crippen molar-refractivity contribution in [2.45, 2.75) is 24.7 Å². The van der Waals surface area contributed by atoms with Gasteiger partial charge >= 0.3 is 0 Å². The predicted octanol–water partition coefficient (Wildman–Crippen LogP) is 16.5. The van der Waals surface area contributed by atoms with Crippen LogP contribution in [-0.4, -0.2) is 0 Å². The van der Waals surface area contributed by atoms with Crippen LogP contribution in [0.25, 0.3) is 11.1 Å². The summed E-state index contributed by atoms with van der Waals surface area (Å²) in [5, 5.41) is 30.5. The summed E-state index contributed by atoms with van der Waals surface area (Å²) < 4.78 is 25.0. The van der Waals surface area contributed by atoms with Gasteiger partial charge in [-0.25, -0.2) is 0 Å². The standard InChI is InChI=1S/C61H39Cl2N3O4/c1-60(2,39-20-28-43(29-21-39)67-56-16-7-14-54(62)49(56)36-64)40-22-30-44(31-23-40)69-58-18-9-19-59(51(58)38-66)70-46-34-26-42(27-35-46)61(52-12-5-3-10-47(52)48-11-4-6-13-53(48)61)41-24-32-45(33-25-41)68-57-17-8-15-55(63)50(57)37-65/h3-35H,1-2H3. The summed E-state index contributed by atoms with van der Waals surface area (Å²) in [5.41, 5.74) is 8.48. The summed E-state index contributed by atoms with van der Waals surface area (Å²) in [4.78, 5) is 0. The van der Waals surface area contributed by atoms with E-state index in [0.717, 1.165) is 44.5 Å². The van der Waals surface area contributed by atoms with E-state index in [1.807, 2.05) is 72.8 Å². The first-order valence-corrected chi connectivity index (χ1v) is 23.1. The zero-order valence-corrected chi connectivity index (χ0v) is 39.3. The van der Waals surface area contributed by atoms with E-state index >= 15 is 0 Å². The van der Waals surface area contributed by atoms with E-state index in [9.17, 15) is 15.8 Å². The number of hydrogen-bond acceptors (Lipinski definition) is 7. The molecule has 0 saturated heterocycles. The van der Waals surface area contributed by atoms with Gasteiger partial charge in [-0.05, 0) is 129 Å². The molecule has 0 N–H and O–H groups in total. The summed E-state index contributed by atoms with van der Waals surface area (Å²) in [7, 11) is 0. The second-order valence-corrected chi connectivity index (χ2v) is 18.0. The van der Waals surface area contributed by atoms with Crippen molar-refractivity contribution in [3.05, 3.63) is 260 Å². The van der Waals surface area contributed by atoms with E-state index in [2.05, 4.69) is 105 Å². The van der Waals surface area contributed by atoms with Crippen LogP contribution in [0.4, 0.5) is 0 Å². The maximum atomic E-state index is 10.5. The molecule has 0 amide bonds. The van der Waals surface area contributed by atoms with Crippen molar-refractivity contribution >= 4 is 23.2 Å². The van der Waals surface area contributed by atoms with Crippen LogP contribution in [-0.2, 0) is 10.8 Å². The van der Waals surface area contributed by atoms with Crippen molar-refractivity contribution in [2.75, 3.05) is 0 Å². The normalized spacial score (nSPS) is 12.1. The highest BCUT2D eigenvalue weighted by molar-refractivity contribution is 6.32. The van der Waals surface area contributed by atoms with Crippen molar-refractivity contribution in [3.63, 3.8) is 0 Å². The van der Waals surface area contributed by atoms with Crippen LogP contribution in [0, 0.1) is 34.0 Å². The minimum Gasteiger partial charge on any atom is -0.456 e. The molecular weight excluding hydrogens is 910 g/mol. The fourth-order valence-corrected chi connectivity index (χ4v) is 9.73. The number of ether oxygens (including phenoxy) is 4. The zero-order chi connectivity index (χ0) is 48.4. The van der Waals surface area contributed by atoms with E-state index in [1.54, 1.807) is 54.6 Å². The van der Waals surface area contributed by atoms with Crippen LogP contribution in [0.2, 0.25) is 10.0 Å². The lowest BCUT2D eigenvalue weighted by Crippen LogP contribution is -2.28. The Balaban J connectivity index is 0.894. The molecule has 0 aromatic heterocycles. The van der Waals surface area contributed by atoms with Crippen LogP contribution < -0.4 is 18.9 Å². The molecule has 0 saturated carbocycles. The summed E-state index contributed by atoms with van der Waals surface area (Å²) in [6, 6.07) is 70.7. The predicted molar refractivity (Wildman–Crippen MR) is 273 cm³/mol. The maximum absolute atomic E-state index is 10.5. The third kappa shape index (κ3) is 8.12. The van der Waals surface area contributed by atoms with Gasteiger partial charge in [-0.2, -0.15) is 15.8 Å². The Morgan fingerprint density at radius 3 is 1.04 bits per heavy atom. The lowest BCUT2D eigenvalue weighted by Gasteiger charge is -2.34. The molecular formula is C61H39Cl2N3O4. The summed E-state index contributed by atoms with van der Waals surface area (Å²) in [6.45, 7) is 4.28. The number of nitrogens with zero attached hydrogens (tertiary/aromatic N) is 3. The van der Waals surface area contributed by atoms with Crippen molar-refractivity contribution in [2.24, 2.45) is 0 Å². The zero-order valence-electron chi connectivity index (χ0n) is 37.8. The number of benzene rings is 9. The van der Waals surface area contributed by atoms with E-state index in [0.29, 0.717) is 56.0 Å². The molecule has 1 aliphatic carbocycles. The van der Waals surface area contributed by atoms with Crippen molar-refractivity contribution in [3.8, 4) is 75.3 Å². The molecule has 10 rings (SSSR count). The third-order valence-corrected chi connectivity index (χ3v) is 13.5. The highest BCUT2D eigenvalue weighted by Crippen LogP contribution is 2.56. The first-order valence-electron chi connectivity index (χ1n) is 22.4. The second kappa shape index (κ2) is 18.7. The van der Waals surface area contributed by atoms with Crippen LogP contribution in [0.3, 0.4) is 0 Å². The molecule has 9 heteroatoms. The van der Waals surface area contributed by atoms with Crippen LogP contribution in [0.1, 0.15) is 63.9 Å². The SMILES string of the molecule is CC(C)(c1ccc(Oc2cccc(Cl)c2C#N)cc1)c1ccc(Oc2cccc(Oc3ccc(C4(c5ccc(Oc6cccc(Cl)c6C#N)cc5)c5ccccc5-c5ccccc54)cc3)c2C#N)cc1. The van der Waals surface area contributed by atoms with Crippen LogP contribution >= 0.6 is 23.2 Å².